The van der Waals surface area contributed by atoms with Gasteiger partial charge in [-0.25, -0.2) is 0 Å². The van der Waals surface area contributed by atoms with E-state index < -0.39 is 0 Å². The van der Waals surface area contributed by atoms with Gasteiger partial charge in [0.2, 0.25) is 0 Å². The second kappa shape index (κ2) is 7.22. The van der Waals surface area contributed by atoms with E-state index in [1.807, 2.05) is 11.8 Å². The number of ether oxygens (including phenoxy) is 1. The average molecular weight is 255 g/mol. The van der Waals surface area contributed by atoms with Crippen molar-refractivity contribution in [3.05, 3.63) is 0 Å². The molecule has 0 aromatic carbocycles. The van der Waals surface area contributed by atoms with Crippen LogP contribution in [-0.2, 0) is 4.74 Å². The van der Waals surface area contributed by atoms with Crippen LogP contribution in [0.3, 0.4) is 0 Å². The molecule has 74 valence electrons. The summed E-state index contributed by atoms with van der Waals surface area (Å²) >= 11 is 5.53. The number of halogens is 1. The SMILES string of the molecule is COCCCSCC(C)(C)CBr. The molecule has 0 bridgehead atoms. The maximum atomic E-state index is 4.98. The van der Waals surface area contributed by atoms with E-state index in [0.29, 0.717) is 5.41 Å². The minimum Gasteiger partial charge on any atom is -0.385 e. The van der Waals surface area contributed by atoms with Crippen LogP contribution in [-0.4, -0.2) is 30.6 Å². The Balaban J connectivity index is 3.19. The molecule has 12 heavy (non-hydrogen) atoms. The zero-order valence-corrected chi connectivity index (χ0v) is 10.6. The molecule has 3 heteroatoms. The van der Waals surface area contributed by atoms with Crippen LogP contribution in [0, 0.1) is 5.41 Å². The Bertz CT molecular complexity index is 107. The lowest BCUT2D eigenvalue weighted by Gasteiger charge is -2.20. The Kier molecular flexibility index (Phi) is 7.69. The fraction of sp³-hybridized carbons (Fsp3) is 1.00. The molecule has 1 nitrogen and oxygen atoms in total. The van der Waals surface area contributed by atoms with E-state index in [1.54, 1.807) is 7.11 Å². The quantitative estimate of drug-likeness (QED) is 0.510. The van der Waals surface area contributed by atoms with Gasteiger partial charge in [0.05, 0.1) is 0 Å². The molecule has 0 N–H and O–H groups in total. The van der Waals surface area contributed by atoms with Gasteiger partial charge in [0.15, 0.2) is 0 Å². The molecule has 0 saturated heterocycles. The predicted octanol–water partition coefficient (Wildman–Crippen LogP) is 3.18. The first-order valence-electron chi connectivity index (χ1n) is 4.25. The lowest BCUT2D eigenvalue weighted by atomic mass is 10.0. The fourth-order valence-corrected chi connectivity index (χ4v) is 2.27. The van der Waals surface area contributed by atoms with Crippen molar-refractivity contribution >= 4 is 27.7 Å². The Morgan fingerprint density at radius 3 is 2.58 bits per heavy atom. The molecular formula is C9H19BrOS. The number of hydrogen-bond donors (Lipinski definition) is 0. The third-order valence-corrected chi connectivity index (χ3v) is 4.57. The number of rotatable bonds is 7. The Labute approximate surface area is 88.8 Å². The van der Waals surface area contributed by atoms with E-state index >= 15 is 0 Å². The highest BCUT2D eigenvalue weighted by Crippen LogP contribution is 2.24. The molecule has 0 amide bonds. The first-order chi connectivity index (χ1) is 5.62. The second-order valence-corrected chi connectivity index (χ2v) is 5.36. The van der Waals surface area contributed by atoms with Gasteiger partial charge in [0.25, 0.3) is 0 Å². The maximum absolute atomic E-state index is 4.98. The fourth-order valence-electron chi connectivity index (χ4n) is 0.692. The minimum absolute atomic E-state index is 0.428. The van der Waals surface area contributed by atoms with Crippen LogP contribution >= 0.6 is 27.7 Å². The van der Waals surface area contributed by atoms with Crippen molar-refractivity contribution in [2.75, 3.05) is 30.6 Å². The monoisotopic (exact) mass is 254 g/mol. The summed E-state index contributed by atoms with van der Waals surface area (Å²) in [6.07, 6.45) is 1.17. The molecule has 0 aliphatic carbocycles. The number of hydrogen-bond acceptors (Lipinski definition) is 2. The van der Waals surface area contributed by atoms with Crippen LogP contribution in [0.1, 0.15) is 20.3 Å². The summed E-state index contributed by atoms with van der Waals surface area (Å²) < 4.78 is 4.98. The third kappa shape index (κ3) is 7.44. The number of methoxy groups -OCH3 is 1. The van der Waals surface area contributed by atoms with E-state index in [0.717, 1.165) is 11.9 Å². The van der Waals surface area contributed by atoms with Gasteiger partial charge < -0.3 is 4.74 Å². The normalized spacial score (nSPS) is 12.0. The summed E-state index contributed by atoms with van der Waals surface area (Å²) in [4.78, 5) is 0. The largest absolute Gasteiger partial charge is 0.385 e. The van der Waals surface area contributed by atoms with Gasteiger partial charge in [-0.3, -0.25) is 0 Å². The van der Waals surface area contributed by atoms with Gasteiger partial charge in [0.1, 0.15) is 0 Å². The second-order valence-electron chi connectivity index (χ2n) is 3.70. The van der Waals surface area contributed by atoms with Crippen molar-refractivity contribution in [2.24, 2.45) is 5.41 Å². The minimum atomic E-state index is 0.428. The first-order valence-corrected chi connectivity index (χ1v) is 6.52. The molecular weight excluding hydrogens is 236 g/mol. The van der Waals surface area contributed by atoms with E-state index in [4.69, 9.17) is 4.74 Å². The van der Waals surface area contributed by atoms with E-state index in [1.165, 1.54) is 17.9 Å². The van der Waals surface area contributed by atoms with Gasteiger partial charge in [0, 0.05) is 19.0 Å². The molecule has 0 fully saturated rings. The number of alkyl halides is 1. The zero-order valence-electron chi connectivity index (χ0n) is 8.23. The molecule has 0 spiro atoms. The molecule has 0 radical (unpaired) electrons. The molecule has 0 aliphatic heterocycles. The molecule has 0 aromatic rings. The van der Waals surface area contributed by atoms with Crippen LogP contribution in [0.25, 0.3) is 0 Å². The molecule has 0 rings (SSSR count). The highest BCUT2D eigenvalue weighted by Gasteiger charge is 2.15. The van der Waals surface area contributed by atoms with Gasteiger partial charge in [-0.05, 0) is 23.3 Å². The molecule has 0 aromatic heterocycles. The van der Waals surface area contributed by atoms with E-state index in [9.17, 15) is 0 Å². The topological polar surface area (TPSA) is 9.23 Å². The van der Waals surface area contributed by atoms with Crippen molar-refractivity contribution in [1.29, 1.82) is 0 Å². The lowest BCUT2D eigenvalue weighted by molar-refractivity contribution is 0.200. The molecule has 0 atom stereocenters. The lowest BCUT2D eigenvalue weighted by Crippen LogP contribution is -2.16. The van der Waals surface area contributed by atoms with Crippen LogP contribution in [0.2, 0.25) is 0 Å². The standard InChI is InChI=1S/C9H19BrOS/c1-9(2,7-10)8-12-6-4-5-11-3/h4-8H2,1-3H3. The van der Waals surface area contributed by atoms with E-state index in [-0.39, 0.29) is 0 Å². The van der Waals surface area contributed by atoms with Crippen molar-refractivity contribution in [1.82, 2.24) is 0 Å². The van der Waals surface area contributed by atoms with Gasteiger partial charge in [-0.2, -0.15) is 11.8 Å². The summed E-state index contributed by atoms with van der Waals surface area (Å²) in [7, 11) is 1.76. The summed E-state index contributed by atoms with van der Waals surface area (Å²) in [5, 5.41) is 1.08. The van der Waals surface area contributed by atoms with Crippen molar-refractivity contribution in [3.63, 3.8) is 0 Å². The number of thioether (sulfide) groups is 1. The predicted molar refractivity (Wildman–Crippen MR) is 61.4 cm³/mol. The van der Waals surface area contributed by atoms with Crippen LogP contribution in [0.5, 0.6) is 0 Å². The van der Waals surface area contributed by atoms with Gasteiger partial charge in [-0.1, -0.05) is 29.8 Å². The molecule has 0 heterocycles. The Morgan fingerprint density at radius 2 is 2.08 bits per heavy atom. The first kappa shape index (κ1) is 12.8. The van der Waals surface area contributed by atoms with Gasteiger partial charge in [-0.15, -0.1) is 0 Å². The summed E-state index contributed by atoms with van der Waals surface area (Å²) in [6, 6.07) is 0. The smallest absolute Gasteiger partial charge is 0.0470 e. The molecule has 0 unspecified atom stereocenters. The zero-order chi connectivity index (χ0) is 9.45. The average Bonchev–Trinajstić information content (AvgIpc) is 2.04. The highest BCUT2D eigenvalue weighted by atomic mass is 79.9. The van der Waals surface area contributed by atoms with Crippen molar-refractivity contribution in [3.8, 4) is 0 Å². The summed E-state index contributed by atoms with van der Waals surface area (Å²) in [5.41, 5.74) is 0.428. The van der Waals surface area contributed by atoms with Crippen LogP contribution in [0.4, 0.5) is 0 Å². The summed E-state index contributed by atoms with van der Waals surface area (Å²) in [5.74, 6) is 2.44. The molecule has 0 aliphatic rings. The molecule has 0 saturated carbocycles. The Hall–Kier alpha value is 0.790. The summed E-state index contributed by atoms with van der Waals surface area (Å²) in [6.45, 7) is 5.46. The Morgan fingerprint density at radius 1 is 1.42 bits per heavy atom. The maximum Gasteiger partial charge on any atom is 0.0470 e. The van der Waals surface area contributed by atoms with Crippen molar-refractivity contribution in [2.45, 2.75) is 20.3 Å². The van der Waals surface area contributed by atoms with E-state index in [2.05, 4.69) is 29.8 Å². The van der Waals surface area contributed by atoms with Crippen LogP contribution < -0.4 is 0 Å². The highest BCUT2D eigenvalue weighted by molar-refractivity contribution is 9.09. The van der Waals surface area contributed by atoms with Gasteiger partial charge >= 0.3 is 0 Å². The van der Waals surface area contributed by atoms with Crippen LogP contribution in [0.15, 0.2) is 0 Å². The van der Waals surface area contributed by atoms with Crippen molar-refractivity contribution < 1.29 is 4.74 Å². The third-order valence-electron chi connectivity index (χ3n) is 1.49.